The van der Waals surface area contributed by atoms with E-state index in [-0.39, 0.29) is 6.10 Å². The van der Waals surface area contributed by atoms with Crippen LogP contribution in [0.4, 0.5) is 11.5 Å². The Bertz CT molecular complexity index is 840. The minimum atomic E-state index is -0.187. The summed E-state index contributed by atoms with van der Waals surface area (Å²) >= 11 is 0. The number of nitrogens with zero attached hydrogens (tertiary/aromatic N) is 3. The molecule has 2 aromatic heterocycles. The number of hydrogen-bond acceptors (Lipinski definition) is 5. The van der Waals surface area contributed by atoms with E-state index in [1.54, 1.807) is 0 Å². The number of rotatable bonds is 5. The first-order valence-electron chi connectivity index (χ1n) is 9.01. The van der Waals surface area contributed by atoms with Crippen LogP contribution in [0.5, 0.6) is 0 Å². The van der Waals surface area contributed by atoms with Crippen LogP contribution in [0.25, 0.3) is 11.3 Å². The normalized spacial score (nSPS) is 15.2. The number of benzene rings is 1. The zero-order chi connectivity index (χ0) is 17.8. The molecule has 1 saturated heterocycles. The first-order valence-corrected chi connectivity index (χ1v) is 9.01. The Labute approximate surface area is 152 Å². The van der Waals surface area contributed by atoms with Crippen molar-refractivity contribution in [3.8, 4) is 11.3 Å². The van der Waals surface area contributed by atoms with Crippen molar-refractivity contribution in [3.63, 3.8) is 0 Å². The summed E-state index contributed by atoms with van der Waals surface area (Å²) < 4.78 is 0. The van der Waals surface area contributed by atoms with E-state index in [0.29, 0.717) is 6.54 Å². The van der Waals surface area contributed by atoms with Gasteiger partial charge in [0.05, 0.1) is 29.7 Å². The predicted molar refractivity (Wildman–Crippen MR) is 103 cm³/mol. The van der Waals surface area contributed by atoms with Gasteiger partial charge in [0, 0.05) is 24.8 Å². The van der Waals surface area contributed by atoms with Gasteiger partial charge >= 0.3 is 0 Å². The van der Waals surface area contributed by atoms with Gasteiger partial charge in [0.25, 0.3) is 0 Å². The van der Waals surface area contributed by atoms with Crippen molar-refractivity contribution in [2.24, 2.45) is 0 Å². The molecule has 1 fully saturated rings. The number of aromatic amines is 1. The van der Waals surface area contributed by atoms with E-state index in [2.05, 4.69) is 43.6 Å². The Morgan fingerprint density at radius 3 is 2.73 bits per heavy atom. The highest BCUT2D eigenvalue weighted by Gasteiger charge is 2.20. The van der Waals surface area contributed by atoms with Crippen LogP contribution in [-0.4, -0.2) is 39.5 Å². The largest absolute Gasteiger partial charge is 0.393 e. The molecule has 6 nitrogen and oxygen atoms in total. The third kappa shape index (κ3) is 3.70. The summed E-state index contributed by atoms with van der Waals surface area (Å²) in [5.74, 6) is 0.946. The highest BCUT2D eigenvalue weighted by molar-refractivity contribution is 5.66. The SMILES string of the molecule is OC1CCN(c2ncccc2NCc2cc(-c3ccccc3)n[nH]2)CC1. The number of pyridine rings is 1. The molecule has 0 bridgehead atoms. The lowest BCUT2D eigenvalue weighted by Gasteiger charge is -2.31. The maximum absolute atomic E-state index is 9.72. The molecule has 6 heteroatoms. The van der Waals surface area contributed by atoms with E-state index in [1.807, 2.05) is 36.5 Å². The van der Waals surface area contributed by atoms with Crippen molar-refractivity contribution in [3.05, 3.63) is 60.4 Å². The van der Waals surface area contributed by atoms with Gasteiger partial charge in [-0.1, -0.05) is 30.3 Å². The van der Waals surface area contributed by atoms with Gasteiger partial charge < -0.3 is 15.3 Å². The van der Waals surface area contributed by atoms with Gasteiger partial charge in [-0.05, 0) is 31.0 Å². The van der Waals surface area contributed by atoms with Crippen LogP contribution in [0, 0.1) is 0 Å². The second-order valence-corrected chi connectivity index (χ2v) is 6.59. The molecule has 0 amide bonds. The second kappa shape index (κ2) is 7.58. The molecule has 0 unspecified atom stereocenters. The molecule has 3 aromatic rings. The predicted octanol–water partition coefficient (Wildman–Crippen LogP) is 3.04. The molecule has 0 saturated carbocycles. The molecule has 3 N–H and O–H groups in total. The summed E-state index contributed by atoms with van der Waals surface area (Å²) in [6.07, 6.45) is 3.20. The number of hydrogen-bond donors (Lipinski definition) is 3. The maximum Gasteiger partial charge on any atom is 0.151 e. The van der Waals surface area contributed by atoms with Crippen LogP contribution in [0.3, 0.4) is 0 Å². The van der Waals surface area contributed by atoms with Crippen molar-refractivity contribution >= 4 is 11.5 Å². The van der Waals surface area contributed by atoms with Crippen molar-refractivity contribution in [1.29, 1.82) is 0 Å². The number of H-pyrrole nitrogens is 1. The number of nitrogens with one attached hydrogen (secondary N) is 2. The van der Waals surface area contributed by atoms with E-state index in [1.165, 1.54) is 0 Å². The minimum Gasteiger partial charge on any atom is -0.393 e. The monoisotopic (exact) mass is 349 g/mol. The number of aliphatic hydroxyl groups is 1. The van der Waals surface area contributed by atoms with Crippen LogP contribution < -0.4 is 10.2 Å². The molecule has 1 aliphatic rings. The quantitative estimate of drug-likeness (QED) is 0.660. The maximum atomic E-state index is 9.72. The molecule has 0 aliphatic carbocycles. The lowest BCUT2D eigenvalue weighted by molar-refractivity contribution is 0.145. The Kier molecular flexibility index (Phi) is 4.84. The molecular weight excluding hydrogens is 326 g/mol. The minimum absolute atomic E-state index is 0.187. The van der Waals surface area contributed by atoms with Crippen molar-refractivity contribution in [2.45, 2.75) is 25.5 Å². The molecule has 1 aliphatic heterocycles. The van der Waals surface area contributed by atoms with Gasteiger partial charge in [-0.25, -0.2) is 4.98 Å². The Morgan fingerprint density at radius 2 is 1.92 bits per heavy atom. The van der Waals surface area contributed by atoms with E-state index in [0.717, 1.165) is 54.4 Å². The third-order valence-corrected chi connectivity index (χ3v) is 4.72. The lowest BCUT2D eigenvalue weighted by Crippen LogP contribution is -2.36. The van der Waals surface area contributed by atoms with Crippen LogP contribution in [0.1, 0.15) is 18.5 Å². The summed E-state index contributed by atoms with van der Waals surface area (Å²) in [4.78, 5) is 6.78. The fourth-order valence-corrected chi connectivity index (χ4v) is 3.26. The van der Waals surface area contributed by atoms with Gasteiger partial charge in [-0.2, -0.15) is 5.10 Å². The van der Waals surface area contributed by atoms with Crippen molar-refractivity contribution < 1.29 is 5.11 Å². The number of aliphatic hydroxyl groups excluding tert-OH is 1. The van der Waals surface area contributed by atoms with Gasteiger partial charge in [-0.3, -0.25) is 5.10 Å². The fraction of sp³-hybridized carbons (Fsp3) is 0.300. The van der Waals surface area contributed by atoms with Gasteiger partial charge in [-0.15, -0.1) is 0 Å². The Morgan fingerprint density at radius 1 is 1.12 bits per heavy atom. The molecule has 3 heterocycles. The first-order chi connectivity index (χ1) is 12.8. The van der Waals surface area contributed by atoms with Crippen molar-refractivity contribution in [1.82, 2.24) is 15.2 Å². The highest BCUT2D eigenvalue weighted by Crippen LogP contribution is 2.26. The number of anilines is 2. The molecule has 0 radical (unpaired) electrons. The average molecular weight is 349 g/mol. The average Bonchev–Trinajstić information content (AvgIpc) is 3.17. The van der Waals surface area contributed by atoms with Gasteiger partial charge in [0.2, 0.25) is 0 Å². The van der Waals surface area contributed by atoms with E-state index in [4.69, 9.17) is 0 Å². The molecule has 1 aromatic carbocycles. The zero-order valence-corrected chi connectivity index (χ0v) is 14.6. The van der Waals surface area contributed by atoms with E-state index < -0.39 is 0 Å². The van der Waals surface area contributed by atoms with Gasteiger partial charge in [0.15, 0.2) is 5.82 Å². The standard InChI is InChI=1S/C20H23N5O/c26-17-8-11-25(12-9-17)20-18(7-4-10-21-20)22-14-16-13-19(24-23-16)15-5-2-1-3-6-15/h1-7,10,13,17,22,26H,8-9,11-12,14H2,(H,23,24). The summed E-state index contributed by atoms with van der Waals surface area (Å²) in [5, 5.41) is 20.7. The van der Waals surface area contributed by atoms with E-state index >= 15 is 0 Å². The van der Waals surface area contributed by atoms with Crippen LogP contribution in [-0.2, 0) is 6.54 Å². The summed E-state index contributed by atoms with van der Waals surface area (Å²) in [7, 11) is 0. The molecule has 0 spiro atoms. The van der Waals surface area contributed by atoms with Gasteiger partial charge in [0.1, 0.15) is 0 Å². The lowest BCUT2D eigenvalue weighted by atomic mass is 10.1. The summed E-state index contributed by atoms with van der Waals surface area (Å²) in [6, 6.07) is 16.2. The zero-order valence-electron chi connectivity index (χ0n) is 14.6. The molecule has 0 atom stereocenters. The Balaban J connectivity index is 1.45. The third-order valence-electron chi connectivity index (χ3n) is 4.72. The second-order valence-electron chi connectivity index (χ2n) is 6.59. The number of piperidine rings is 1. The van der Waals surface area contributed by atoms with Crippen LogP contribution >= 0.6 is 0 Å². The highest BCUT2D eigenvalue weighted by atomic mass is 16.3. The number of aromatic nitrogens is 3. The summed E-state index contributed by atoms with van der Waals surface area (Å²) in [6.45, 7) is 2.30. The fourth-order valence-electron chi connectivity index (χ4n) is 3.26. The molecular formula is C20H23N5O. The van der Waals surface area contributed by atoms with Crippen LogP contribution in [0.2, 0.25) is 0 Å². The first kappa shape index (κ1) is 16.6. The summed E-state index contributed by atoms with van der Waals surface area (Å²) in [5.41, 5.74) is 4.07. The van der Waals surface area contributed by atoms with E-state index in [9.17, 15) is 5.11 Å². The molecule has 134 valence electrons. The Hall–Kier alpha value is -2.86. The molecule has 4 rings (SSSR count). The molecule has 26 heavy (non-hydrogen) atoms. The topological polar surface area (TPSA) is 77.1 Å². The van der Waals surface area contributed by atoms with Crippen LogP contribution in [0.15, 0.2) is 54.7 Å². The smallest absolute Gasteiger partial charge is 0.151 e. The van der Waals surface area contributed by atoms with Crippen molar-refractivity contribution in [2.75, 3.05) is 23.3 Å².